The van der Waals surface area contributed by atoms with Gasteiger partial charge in [0.1, 0.15) is 11.5 Å². The molecule has 0 unspecified atom stereocenters. The molecule has 1 aromatic carbocycles. The number of fused-ring (bicyclic) bond motifs is 1. The van der Waals surface area contributed by atoms with Gasteiger partial charge in [0.25, 0.3) is 0 Å². The van der Waals surface area contributed by atoms with Crippen LogP contribution < -0.4 is 10.1 Å². The first-order valence-electron chi connectivity index (χ1n) is 4.23. The smallest absolute Gasteiger partial charge is 0.150 e. The second-order valence-electron chi connectivity index (χ2n) is 2.85. The largest absolute Gasteiger partial charge is 0.458 e. The number of allylic oxidation sites excluding steroid dienone is 1. The maximum atomic E-state index is 5.60. The molecule has 0 amide bonds. The lowest BCUT2D eigenvalue weighted by atomic mass is 10.2. The predicted octanol–water partition coefficient (Wildman–Crippen LogP) is 2.91. The van der Waals surface area contributed by atoms with E-state index in [2.05, 4.69) is 11.9 Å². The first-order valence-corrected chi connectivity index (χ1v) is 4.23. The highest BCUT2D eigenvalue weighted by Gasteiger charge is 2.09. The van der Waals surface area contributed by atoms with Gasteiger partial charge in [-0.05, 0) is 12.1 Å². The topological polar surface area (TPSA) is 21.3 Å². The van der Waals surface area contributed by atoms with Crippen LogP contribution in [-0.2, 0) is 0 Å². The van der Waals surface area contributed by atoms with Crippen LogP contribution in [0.1, 0.15) is 6.42 Å². The second kappa shape index (κ2) is 3.35. The lowest BCUT2D eigenvalue weighted by Gasteiger charge is -2.17. The van der Waals surface area contributed by atoms with Gasteiger partial charge >= 0.3 is 0 Å². The molecule has 0 bridgehead atoms. The molecule has 1 aliphatic rings. The zero-order valence-electron chi connectivity index (χ0n) is 7.29. The van der Waals surface area contributed by atoms with Gasteiger partial charge in [0.15, 0.2) is 0 Å². The third kappa shape index (κ3) is 1.56. The van der Waals surface area contributed by atoms with Crippen molar-refractivity contribution in [1.82, 2.24) is 0 Å². The van der Waals surface area contributed by atoms with Crippen LogP contribution in [0.3, 0.4) is 0 Å². The average molecular weight is 173 g/mol. The van der Waals surface area contributed by atoms with Crippen molar-refractivity contribution in [1.29, 1.82) is 0 Å². The number of hydrogen-bond acceptors (Lipinski definition) is 2. The van der Waals surface area contributed by atoms with E-state index in [9.17, 15) is 0 Å². The number of hydrogen-bond donors (Lipinski definition) is 1. The fraction of sp³-hybridized carbons (Fsp3) is 0.0909. The van der Waals surface area contributed by atoms with Gasteiger partial charge in [0.2, 0.25) is 0 Å². The molecule has 2 heteroatoms. The van der Waals surface area contributed by atoms with Gasteiger partial charge in [0.05, 0.1) is 5.69 Å². The molecule has 1 N–H and O–H groups in total. The Morgan fingerprint density at radius 2 is 2.23 bits per heavy atom. The van der Waals surface area contributed by atoms with Crippen LogP contribution in [-0.4, -0.2) is 0 Å². The van der Waals surface area contributed by atoms with Gasteiger partial charge in [-0.2, -0.15) is 0 Å². The second-order valence-corrected chi connectivity index (χ2v) is 2.85. The van der Waals surface area contributed by atoms with Crippen LogP contribution >= 0.6 is 0 Å². The third-order valence-electron chi connectivity index (χ3n) is 1.86. The molecule has 0 aromatic heterocycles. The maximum absolute atomic E-state index is 5.60. The number of nitrogens with one attached hydrogen (secondary N) is 1. The quantitative estimate of drug-likeness (QED) is 0.694. The molecule has 0 radical (unpaired) electrons. The fourth-order valence-electron chi connectivity index (χ4n) is 1.25. The van der Waals surface area contributed by atoms with Gasteiger partial charge in [-0.1, -0.05) is 18.2 Å². The van der Waals surface area contributed by atoms with Crippen molar-refractivity contribution in [2.75, 3.05) is 5.32 Å². The Hall–Kier alpha value is -1.70. The van der Waals surface area contributed by atoms with Crippen molar-refractivity contribution in [2.24, 2.45) is 0 Å². The minimum absolute atomic E-state index is 0.751. The van der Waals surface area contributed by atoms with E-state index in [1.54, 1.807) is 0 Å². The Labute approximate surface area is 77.5 Å². The molecule has 2 rings (SSSR count). The molecule has 0 fully saturated rings. The molecule has 0 saturated heterocycles. The highest BCUT2D eigenvalue weighted by atomic mass is 16.5. The molecule has 13 heavy (non-hydrogen) atoms. The summed E-state index contributed by atoms with van der Waals surface area (Å²) < 4.78 is 5.60. The Morgan fingerprint density at radius 1 is 1.38 bits per heavy atom. The van der Waals surface area contributed by atoms with E-state index in [1.807, 2.05) is 36.5 Å². The van der Waals surface area contributed by atoms with Gasteiger partial charge in [-0.25, -0.2) is 0 Å². The summed E-state index contributed by atoms with van der Waals surface area (Å²) in [4.78, 5) is 0. The van der Waals surface area contributed by atoms with Crippen molar-refractivity contribution in [3.05, 3.63) is 48.9 Å². The molecule has 0 spiro atoms. The van der Waals surface area contributed by atoms with Crippen LogP contribution in [0.2, 0.25) is 0 Å². The van der Waals surface area contributed by atoms with E-state index in [4.69, 9.17) is 4.74 Å². The SMILES string of the molecule is C=CCC1=CNc2ccccc2O1. The van der Waals surface area contributed by atoms with Gasteiger partial charge < -0.3 is 10.1 Å². The first-order chi connectivity index (χ1) is 6.40. The van der Waals surface area contributed by atoms with Gasteiger partial charge in [-0.3, -0.25) is 0 Å². The Bertz CT molecular complexity index is 355. The Kier molecular flexibility index (Phi) is 2.04. The summed E-state index contributed by atoms with van der Waals surface area (Å²) in [6.07, 6.45) is 4.44. The zero-order valence-corrected chi connectivity index (χ0v) is 7.29. The number of ether oxygens (including phenoxy) is 1. The van der Waals surface area contributed by atoms with Crippen LogP contribution in [0.5, 0.6) is 5.75 Å². The number of para-hydroxylation sites is 2. The van der Waals surface area contributed by atoms with E-state index in [-0.39, 0.29) is 0 Å². The Balaban J connectivity index is 2.22. The summed E-state index contributed by atoms with van der Waals surface area (Å²) in [7, 11) is 0. The minimum Gasteiger partial charge on any atom is -0.458 e. The molecule has 0 aliphatic carbocycles. The fourth-order valence-corrected chi connectivity index (χ4v) is 1.25. The summed E-state index contributed by atoms with van der Waals surface area (Å²) in [6, 6.07) is 7.85. The van der Waals surface area contributed by atoms with Crippen molar-refractivity contribution in [3.63, 3.8) is 0 Å². The van der Waals surface area contributed by atoms with Crippen LogP contribution in [0, 0.1) is 0 Å². The lowest BCUT2D eigenvalue weighted by Crippen LogP contribution is -2.06. The maximum Gasteiger partial charge on any atom is 0.150 e. The molecule has 2 nitrogen and oxygen atoms in total. The van der Waals surface area contributed by atoms with Gasteiger partial charge in [-0.15, -0.1) is 6.58 Å². The molecular formula is C11H11NO. The third-order valence-corrected chi connectivity index (χ3v) is 1.86. The van der Waals surface area contributed by atoms with Crippen molar-refractivity contribution < 1.29 is 4.74 Å². The lowest BCUT2D eigenvalue weighted by molar-refractivity contribution is 0.411. The van der Waals surface area contributed by atoms with E-state index in [0.29, 0.717) is 0 Å². The van der Waals surface area contributed by atoms with E-state index < -0.39 is 0 Å². The highest BCUT2D eigenvalue weighted by Crippen LogP contribution is 2.29. The first kappa shape index (κ1) is 7.92. The monoisotopic (exact) mass is 173 g/mol. The number of benzene rings is 1. The zero-order chi connectivity index (χ0) is 9.10. The minimum atomic E-state index is 0.751. The van der Waals surface area contributed by atoms with E-state index in [1.165, 1.54) is 0 Å². The molecular weight excluding hydrogens is 162 g/mol. The van der Waals surface area contributed by atoms with E-state index in [0.717, 1.165) is 23.6 Å². The normalized spacial score (nSPS) is 13.4. The standard InChI is InChI=1S/C11H11NO/c1-2-5-9-8-12-10-6-3-4-7-11(10)13-9/h2-4,6-8,12H,1,5H2. The predicted molar refractivity (Wildman–Crippen MR) is 53.6 cm³/mol. The van der Waals surface area contributed by atoms with Crippen molar-refractivity contribution >= 4 is 5.69 Å². The summed E-state index contributed by atoms with van der Waals surface area (Å²) in [6.45, 7) is 3.66. The van der Waals surface area contributed by atoms with Crippen LogP contribution in [0.4, 0.5) is 5.69 Å². The molecule has 1 aliphatic heterocycles. The Morgan fingerprint density at radius 3 is 3.08 bits per heavy atom. The van der Waals surface area contributed by atoms with Crippen LogP contribution in [0.25, 0.3) is 0 Å². The molecule has 0 saturated carbocycles. The average Bonchev–Trinajstić information content (AvgIpc) is 2.18. The number of anilines is 1. The molecule has 0 atom stereocenters. The van der Waals surface area contributed by atoms with Crippen molar-refractivity contribution in [3.8, 4) is 5.75 Å². The highest BCUT2D eigenvalue weighted by molar-refractivity contribution is 5.60. The van der Waals surface area contributed by atoms with Gasteiger partial charge in [0, 0.05) is 12.6 Å². The molecule has 1 heterocycles. The summed E-state index contributed by atoms with van der Waals surface area (Å²) in [5.74, 6) is 1.77. The number of rotatable bonds is 2. The molecule has 66 valence electrons. The summed E-state index contributed by atoms with van der Waals surface area (Å²) in [5.41, 5.74) is 1.01. The molecule has 1 aromatic rings. The van der Waals surface area contributed by atoms with Crippen LogP contribution in [0.15, 0.2) is 48.9 Å². The summed E-state index contributed by atoms with van der Waals surface area (Å²) >= 11 is 0. The van der Waals surface area contributed by atoms with Crippen molar-refractivity contribution in [2.45, 2.75) is 6.42 Å². The van der Waals surface area contributed by atoms with E-state index >= 15 is 0 Å². The summed E-state index contributed by atoms with van der Waals surface area (Å²) in [5, 5.41) is 3.16.